The topological polar surface area (TPSA) is 47.8 Å². The zero-order valence-electron chi connectivity index (χ0n) is 28.5. The van der Waals surface area contributed by atoms with E-state index in [2.05, 4.69) is 126 Å². The SMILES string of the molecule is O=P1(c2ccccc2)c2ccccc2-c2ccc3c(c21)c1ccccc1n3-c1ccc(-c2nc(-c3cccc4ccccc34)c3ccccc3n2)cc1. The number of hydrogen-bond acceptors (Lipinski definition) is 3. The maximum absolute atomic E-state index is 15.7. The van der Waals surface area contributed by atoms with Gasteiger partial charge in [0, 0.05) is 48.9 Å². The van der Waals surface area contributed by atoms with E-state index < -0.39 is 7.14 Å². The molecule has 8 aromatic carbocycles. The van der Waals surface area contributed by atoms with Crippen molar-refractivity contribution in [2.75, 3.05) is 0 Å². The van der Waals surface area contributed by atoms with E-state index in [1.165, 1.54) is 5.39 Å². The van der Waals surface area contributed by atoms with Crippen LogP contribution in [0.4, 0.5) is 0 Å². The molecular formula is C48H30N3OP. The molecule has 248 valence electrons. The molecule has 1 aliphatic heterocycles. The van der Waals surface area contributed by atoms with E-state index in [0.29, 0.717) is 5.82 Å². The van der Waals surface area contributed by atoms with Gasteiger partial charge in [0.05, 0.1) is 22.2 Å². The summed E-state index contributed by atoms with van der Waals surface area (Å²) in [6.07, 6.45) is 0. The molecule has 0 saturated heterocycles. The first kappa shape index (κ1) is 30.1. The van der Waals surface area contributed by atoms with Gasteiger partial charge in [-0.05, 0) is 64.4 Å². The lowest BCUT2D eigenvalue weighted by molar-refractivity contribution is 0.593. The lowest BCUT2D eigenvalue weighted by atomic mass is 9.99. The minimum atomic E-state index is -3.17. The minimum Gasteiger partial charge on any atom is -0.309 e. The summed E-state index contributed by atoms with van der Waals surface area (Å²) >= 11 is 0. The van der Waals surface area contributed by atoms with Crippen molar-refractivity contribution in [1.82, 2.24) is 14.5 Å². The Labute approximate surface area is 306 Å². The van der Waals surface area contributed by atoms with Crippen molar-refractivity contribution in [2.24, 2.45) is 0 Å². The van der Waals surface area contributed by atoms with Crippen LogP contribution in [0.1, 0.15) is 0 Å². The number of benzene rings is 8. The number of fused-ring (bicyclic) bond motifs is 9. The molecule has 0 amide bonds. The maximum atomic E-state index is 15.7. The number of nitrogens with zero attached hydrogens (tertiary/aromatic N) is 3. The summed E-state index contributed by atoms with van der Waals surface area (Å²) in [5.74, 6) is 0.680. The second-order valence-electron chi connectivity index (χ2n) is 13.7. The fourth-order valence-electron chi connectivity index (χ4n) is 8.47. The van der Waals surface area contributed by atoms with Crippen LogP contribution in [0.3, 0.4) is 0 Å². The fourth-order valence-corrected chi connectivity index (χ4v) is 11.8. The third-order valence-corrected chi connectivity index (χ3v) is 14.0. The summed E-state index contributed by atoms with van der Waals surface area (Å²) in [5.41, 5.74) is 9.07. The zero-order valence-corrected chi connectivity index (χ0v) is 29.4. The summed E-state index contributed by atoms with van der Waals surface area (Å²) in [5, 5.41) is 8.20. The second-order valence-corrected chi connectivity index (χ2v) is 16.3. The average molecular weight is 696 g/mol. The zero-order chi connectivity index (χ0) is 35.1. The van der Waals surface area contributed by atoms with Crippen LogP contribution in [0.25, 0.3) is 82.9 Å². The average Bonchev–Trinajstić information content (AvgIpc) is 3.70. The van der Waals surface area contributed by atoms with Gasteiger partial charge in [0.2, 0.25) is 0 Å². The number of rotatable bonds is 4. The highest BCUT2D eigenvalue weighted by molar-refractivity contribution is 7.86. The van der Waals surface area contributed by atoms with Gasteiger partial charge in [-0.2, -0.15) is 0 Å². The third kappa shape index (κ3) is 4.34. The van der Waals surface area contributed by atoms with Gasteiger partial charge in [0.1, 0.15) is 0 Å². The van der Waals surface area contributed by atoms with Crippen molar-refractivity contribution in [3.63, 3.8) is 0 Å². The molecule has 0 spiro atoms. The molecule has 0 N–H and O–H groups in total. The van der Waals surface area contributed by atoms with Crippen LogP contribution in [-0.2, 0) is 4.57 Å². The van der Waals surface area contributed by atoms with Crippen LogP contribution < -0.4 is 15.9 Å². The maximum Gasteiger partial charge on any atom is 0.172 e. The van der Waals surface area contributed by atoms with Crippen molar-refractivity contribution in [3.05, 3.63) is 182 Å². The molecule has 2 aromatic heterocycles. The van der Waals surface area contributed by atoms with Crippen molar-refractivity contribution in [3.8, 4) is 39.5 Å². The van der Waals surface area contributed by atoms with Gasteiger partial charge in [0.25, 0.3) is 0 Å². The van der Waals surface area contributed by atoms with Crippen LogP contribution in [0.5, 0.6) is 0 Å². The normalized spacial score (nSPS) is 14.9. The van der Waals surface area contributed by atoms with Gasteiger partial charge in [-0.1, -0.05) is 140 Å². The molecule has 4 nitrogen and oxygen atoms in total. The first-order valence-corrected chi connectivity index (χ1v) is 19.6. The van der Waals surface area contributed by atoms with Crippen LogP contribution in [0.2, 0.25) is 0 Å². The van der Waals surface area contributed by atoms with E-state index >= 15 is 4.57 Å². The van der Waals surface area contributed by atoms with Gasteiger partial charge >= 0.3 is 0 Å². The van der Waals surface area contributed by atoms with Crippen LogP contribution in [0, 0.1) is 0 Å². The Kier molecular flexibility index (Phi) is 6.49. The van der Waals surface area contributed by atoms with E-state index in [-0.39, 0.29) is 0 Å². The van der Waals surface area contributed by atoms with Gasteiger partial charge in [-0.15, -0.1) is 0 Å². The van der Waals surface area contributed by atoms with Crippen molar-refractivity contribution in [2.45, 2.75) is 0 Å². The Balaban J connectivity index is 1.10. The van der Waals surface area contributed by atoms with Gasteiger partial charge in [-0.25, -0.2) is 9.97 Å². The Bertz CT molecular complexity index is 3140. The summed E-state index contributed by atoms with van der Waals surface area (Å²) < 4.78 is 18.0. The van der Waals surface area contributed by atoms with Crippen LogP contribution in [-0.4, -0.2) is 14.5 Å². The Morgan fingerprint density at radius 1 is 0.472 bits per heavy atom. The smallest absolute Gasteiger partial charge is 0.172 e. The Morgan fingerprint density at radius 2 is 1.15 bits per heavy atom. The highest BCUT2D eigenvalue weighted by Gasteiger charge is 2.42. The number of hydrogen-bond donors (Lipinski definition) is 0. The van der Waals surface area contributed by atoms with Crippen molar-refractivity contribution >= 4 is 66.5 Å². The predicted molar refractivity (Wildman–Crippen MR) is 221 cm³/mol. The molecule has 11 rings (SSSR count). The molecule has 1 atom stereocenters. The lowest BCUT2D eigenvalue weighted by Gasteiger charge is -2.17. The van der Waals surface area contributed by atoms with E-state index in [4.69, 9.17) is 9.97 Å². The minimum absolute atomic E-state index is 0.680. The lowest BCUT2D eigenvalue weighted by Crippen LogP contribution is -2.21. The molecule has 1 aliphatic rings. The molecule has 5 heteroatoms. The molecule has 0 saturated carbocycles. The van der Waals surface area contributed by atoms with Gasteiger partial charge in [0.15, 0.2) is 13.0 Å². The number of para-hydroxylation sites is 2. The second kappa shape index (κ2) is 11.4. The molecular weight excluding hydrogens is 666 g/mol. The standard InChI is InChI=1S/C48H30N3OP/c52-53(34-15-2-1-3-16-34)44-24-11-8-18-36(44)38-29-30-43-45(47(38)53)40-20-7-10-23-42(40)51(43)33-27-25-32(26-28-33)48-49-41-22-9-6-19-39(41)46(50-48)37-21-12-14-31-13-4-5-17-35(31)37/h1-30H. The molecule has 0 fully saturated rings. The molecule has 0 bridgehead atoms. The highest BCUT2D eigenvalue weighted by Crippen LogP contribution is 2.55. The van der Waals surface area contributed by atoms with E-state index in [9.17, 15) is 0 Å². The molecule has 3 heterocycles. The fraction of sp³-hybridized carbons (Fsp3) is 0. The summed E-state index contributed by atoms with van der Waals surface area (Å²) in [6.45, 7) is 0. The highest BCUT2D eigenvalue weighted by atomic mass is 31.2. The number of aromatic nitrogens is 3. The molecule has 1 unspecified atom stereocenters. The quantitative estimate of drug-likeness (QED) is 0.172. The van der Waals surface area contributed by atoms with Gasteiger partial charge < -0.3 is 9.13 Å². The predicted octanol–water partition coefficient (Wildman–Crippen LogP) is 10.8. The Morgan fingerprint density at radius 3 is 2.02 bits per heavy atom. The summed E-state index contributed by atoms with van der Waals surface area (Å²) in [7, 11) is -3.17. The van der Waals surface area contributed by atoms with Crippen molar-refractivity contribution < 1.29 is 4.57 Å². The molecule has 10 aromatic rings. The van der Waals surface area contributed by atoms with E-state index in [1.54, 1.807) is 0 Å². The van der Waals surface area contributed by atoms with E-state index in [1.807, 2.05) is 60.7 Å². The first-order valence-electron chi connectivity index (χ1n) is 17.9. The molecule has 0 radical (unpaired) electrons. The van der Waals surface area contributed by atoms with Gasteiger partial charge in [-0.3, -0.25) is 0 Å². The molecule has 53 heavy (non-hydrogen) atoms. The molecule has 0 aliphatic carbocycles. The largest absolute Gasteiger partial charge is 0.309 e. The van der Waals surface area contributed by atoms with Crippen LogP contribution >= 0.6 is 7.14 Å². The summed E-state index contributed by atoms with van der Waals surface area (Å²) in [6, 6.07) is 62.7. The monoisotopic (exact) mass is 695 g/mol. The first-order chi connectivity index (χ1) is 26.2. The van der Waals surface area contributed by atoms with E-state index in [0.717, 1.165) is 87.6 Å². The van der Waals surface area contributed by atoms with Crippen LogP contribution in [0.15, 0.2) is 182 Å². The Hall–Kier alpha value is -6.61. The third-order valence-electron chi connectivity index (χ3n) is 10.8. The summed E-state index contributed by atoms with van der Waals surface area (Å²) in [4.78, 5) is 10.3. The van der Waals surface area contributed by atoms with Crippen molar-refractivity contribution in [1.29, 1.82) is 0 Å².